The summed E-state index contributed by atoms with van der Waals surface area (Å²) >= 11 is 0. The number of carbonyl (C=O) groups excluding carboxylic acids is 3. The summed E-state index contributed by atoms with van der Waals surface area (Å²) in [6.07, 6.45) is 5.48. The van der Waals surface area contributed by atoms with Crippen LogP contribution in [0, 0.1) is 49.4 Å². The van der Waals surface area contributed by atoms with Crippen LogP contribution in [0.25, 0.3) is 0 Å². The molecule has 1 saturated heterocycles. The lowest BCUT2D eigenvalue weighted by Gasteiger charge is -2.37. The Balaban J connectivity index is 1.29. The van der Waals surface area contributed by atoms with Gasteiger partial charge in [-0.3, -0.25) is 14.4 Å². The Bertz CT molecular complexity index is 1150. The molecule has 6 atom stereocenters. The van der Waals surface area contributed by atoms with Gasteiger partial charge in [-0.1, -0.05) is 30.4 Å². The minimum Gasteiger partial charge on any atom is -0.322 e. The second-order valence-corrected chi connectivity index (χ2v) is 9.49. The van der Waals surface area contributed by atoms with E-state index in [1.165, 1.54) is 4.90 Å². The van der Waals surface area contributed by atoms with Crippen LogP contribution in [0.5, 0.6) is 0 Å². The van der Waals surface area contributed by atoms with E-state index in [-0.39, 0.29) is 41.4 Å². The fraction of sp³-hybridized carbons (Fsp3) is 0.346. The highest BCUT2D eigenvalue weighted by molar-refractivity contribution is 6.23. The lowest BCUT2D eigenvalue weighted by molar-refractivity contribution is -0.124. The van der Waals surface area contributed by atoms with E-state index in [2.05, 4.69) is 17.5 Å². The molecule has 2 aromatic rings. The van der Waals surface area contributed by atoms with Gasteiger partial charge in [-0.05, 0) is 79.3 Å². The maximum atomic E-state index is 13.3. The Kier molecular flexibility index (Phi) is 3.83. The lowest BCUT2D eigenvalue weighted by atomic mass is 9.63. The standard InChI is InChI=1S/C26H24N2O3/c1-13-6-7-14(2)21(10-13)27-24(29)15-4-3-5-16(11-15)28-25(30)22-17-8-9-18(20-12-19(17)20)23(22)26(28)31/h3-11,17-20,22-23H,12H2,1-2H3,(H,27,29)/t17-,18+,19-,20-,22+,23+/m1/s1. The molecular weight excluding hydrogens is 388 g/mol. The SMILES string of the molecule is Cc1ccc(C)c(NC(=O)c2cccc(N3C(=O)[C@H]4[C@@H]5C=C[C@@H]([C@H]6C[C@H]56)[C@@H]4C3=O)c2)c1. The van der Waals surface area contributed by atoms with Gasteiger partial charge in [0.05, 0.1) is 17.5 Å². The van der Waals surface area contributed by atoms with Crippen molar-refractivity contribution < 1.29 is 14.4 Å². The summed E-state index contributed by atoms with van der Waals surface area (Å²) in [6, 6.07) is 12.8. The van der Waals surface area contributed by atoms with Crippen LogP contribution in [0.15, 0.2) is 54.6 Å². The molecule has 3 amide bonds. The van der Waals surface area contributed by atoms with Crippen molar-refractivity contribution in [3.8, 4) is 0 Å². The molecule has 4 aliphatic carbocycles. The van der Waals surface area contributed by atoms with Crippen LogP contribution in [0.3, 0.4) is 0 Å². The van der Waals surface area contributed by atoms with Gasteiger partial charge >= 0.3 is 0 Å². The number of nitrogens with zero attached hydrogens (tertiary/aromatic N) is 1. The van der Waals surface area contributed by atoms with Crippen LogP contribution in [0.1, 0.15) is 27.9 Å². The molecule has 2 saturated carbocycles. The summed E-state index contributed by atoms with van der Waals surface area (Å²) in [5.74, 6) is 0.589. The summed E-state index contributed by atoms with van der Waals surface area (Å²) in [5.41, 5.74) is 3.72. The number of benzene rings is 2. The fourth-order valence-electron chi connectivity index (χ4n) is 6.06. The first-order valence-corrected chi connectivity index (χ1v) is 11.0. The van der Waals surface area contributed by atoms with Gasteiger partial charge < -0.3 is 5.32 Å². The maximum Gasteiger partial charge on any atom is 0.255 e. The number of carbonyl (C=O) groups is 3. The highest BCUT2D eigenvalue weighted by Crippen LogP contribution is 2.65. The van der Waals surface area contributed by atoms with Gasteiger partial charge in [0.2, 0.25) is 11.8 Å². The van der Waals surface area contributed by atoms with E-state index in [9.17, 15) is 14.4 Å². The normalized spacial score (nSPS) is 32.1. The molecule has 31 heavy (non-hydrogen) atoms. The number of nitrogens with one attached hydrogen (secondary N) is 1. The average molecular weight is 412 g/mol. The van der Waals surface area contributed by atoms with Crippen LogP contribution in [0.4, 0.5) is 11.4 Å². The zero-order valence-electron chi connectivity index (χ0n) is 17.5. The quantitative estimate of drug-likeness (QED) is 0.609. The number of imide groups is 1. The van der Waals surface area contributed by atoms with Gasteiger partial charge in [0.1, 0.15) is 0 Å². The van der Waals surface area contributed by atoms with Gasteiger partial charge in [0, 0.05) is 11.3 Å². The molecule has 0 aromatic heterocycles. The van der Waals surface area contributed by atoms with Crippen LogP contribution < -0.4 is 10.2 Å². The van der Waals surface area contributed by atoms with E-state index in [0.717, 1.165) is 23.2 Å². The molecule has 5 aliphatic rings. The molecule has 5 heteroatoms. The van der Waals surface area contributed by atoms with E-state index in [4.69, 9.17) is 0 Å². The molecular formula is C26H24N2O3. The third-order valence-corrected chi connectivity index (χ3v) is 7.67. The topological polar surface area (TPSA) is 66.5 Å². The number of hydrogen-bond donors (Lipinski definition) is 1. The summed E-state index contributed by atoms with van der Waals surface area (Å²) in [6.45, 7) is 3.92. The number of rotatable bonds is 3. The molecule has 1 heterocycles. The molecule has 156 valence electrons. The molecule has 0 spiro atoms. The van der Waals surface area contributed by atoms with E-state index in [0.29, 0.717) is 23.1 Å². The molecule has 0 radical (unpaired) electrons. The first-order valence-electron chi connectivity index (χ1n) is 11.0. The Morgan fingerprint density at radius 1 is 0.935 bits per heavy atom. The smallest absolute Gasteiger partial charge is 0.255 e. The largest absolute Gasteiger partial charge is 0.322 e. The van der Waals surface area contributed by atoms with Gasteiger partial charge in [0.15, 0.2) is 0 Å². The summed E-state index contributed by atoms with van der Waals surface area (Å²) in [5, 5.41) is 2.96. The van der Waals surface area contributed by atoms with Crippen molar-refractivity contribution in [3.63, 3.8) is 0 Å². The number of aryl methyl sites for hydroxylation is 2. The van der Waals surface area contributed by atoms with Gasteiger partial charge in [-0.2, -0.15) is 0 Å². The van der Waals surface area contributed by atoms with Crippen LogP contribution >= 0.6 is 0 Å². The second-order valence-electron chi connectivity index (χ2n) is 9.49. The number of anilines is 2. The van der Waals surface area contributed by atoms with Crippen LogP contribution in [-0.2, 0) is 9.59 Å². The van der Waals surface area contributed by atoms with Gasteiger partial charge in [0.25, 0.3) is 5.91 Å². The van der Waals surface area contributed by atoms with E-state index < -0.39 is 0 Å². The lowest BCUT2D eigenvalue weighted by Crippen LogP contribution is -2.40. The van der Waals surface area contributed by atoms with Crippen molar-refractivity contribution in [3.05, 3.63) is 71.3 Å². The van der Waals surface area contributed by atoms with Crippen LogP contribution in [0.2, 0.25) is 0 Å². The molecule has 1 N–H and O–H groups in total. The van der Waals surface area contributed by atoms with Crippen molar-refractivity contribution in [1.29, 1.82) is 0 Å². The minimum atomic E-state index is -0.255. The first kappa shape index (κ1) is 18.6. The Hall–Kier alpha value is -3.21. The summed E-state index contributed by atoms with van der Waals surface area (Å²) in [7, 11) is 0. The third kappa shape index (κ3) is 2.65. The molecule has 7 rings (SSSR count). The summed E-state index contributed by atoms with van der Waals surface area (Å²) in [4.78, 5) is 40.9. The molecule has 2 aromatic carbocycles. The number of hydrogen-bond acceptors (Lipinski definition) is 3. The maximum absolute atomic E-state index is 13.3. The Morgan fingerprint density at radius 3 is 2.29 bits per heavy atom. The fourth-order valence-corrected chi connectivity index (χ4v) is 6.06. The Morgan fingerprint density at radius 2 is 1.61 bits per heavy atom. The van der Waals surface area contributed by atoms with Crippen molar-refractivity contribution >= 4 is 29.1 Å². The van der Waals surface area contributed by atoms with Crippen LogP contribution in [-0.4, -0.2) is 17.7 Å². The van der Waals surface area contributed by atoms with Gasteiger partial charge in [-0.15, -0.1) is 0 Å². The van der Waals surface area contributed by atoms with Crippen molar-refractivity contribution in [2.45, 2.75) is 20.3 Å². The zero-order valence-corrected chi connectivity index (χ0v) is 17.5. The first-order chi connectivity index (χ1) is 14.9. The predicted octanol–water partition coefficient (Wildman–Crippen LogP) is 4.11. The monoisotopic (exact) mass is 412 g/mol. The molecule has 5 nitrogen and oxygen atoms in total. The Labute approximate surface area is 181 Å². The molecule has 3 fully saturated rings. The molecule has 1 aliphatic heterocycles. The highest BCUT2D eigenvalue weighted by Gasteiger charge is 2.67. The van der Waals surface area contributed by atoms with E-state index >= 15 is 0 Å². The average Bonchev–Trinajstić information content (AvgIpc) is 3.54. The zero-order chi connectivity index (χ0) is 21.4. The molecule has 0 unspecified atom stereocenters. The second kappa shape index (κ2) is 6.39. The van der Waals surface area contributed by atoms with Gasteiger partial charge in [-0.25, -0.2) is 4.90 Å². The summed E-state index contributed by atoms with van der Waals surface area (Å²) < 4.78 is 0. The van der Waals surface area contributed by atoms with Crippen molar-refractivity contribution in [1.82, 2.24) is 0 Å². The minimum absolute atomic E-state index is 0.105. The van der Waals surface area contributed by atoms with Crippen molar-refractivity contribution in [2.75, 3.05) is 10.2 Å². The number of amides is 3. The van der Waals surface area contributed by atoms with E-state index in [1.54, 1.807) is 24.3 Å². The third-order valence-electron chi connectivity index (χ3n) is 7.67. The highest BCUT2D eigenvalue weighted by atomic mass is 16.2. The number of allylic oxidation sites excluding steroid dienone is 2. The molecule has 2 bridgehead atoms. The van der Waals surface area contributed by atoms with E-state index in [1.807, 2.05) is 32.0 Å². The predicted molar refractivity (Wildman–Crippen MR) is 118 cm³/mol. The van der Waals surface area contributed by atoms with Crippen molar-refractivity contribution in [2.24, 2.45) is 35.5 Å².